The molecule has 0 spiro atoms. The zero-order valence-corrected chi connectivity index (χ0v) is 20.9. The van der Waals surface area contributed by atoms with E-state index in [9.17, 15) is 8.42 Å². The minimum Gasteiger partial charge on any atom is -0.496 e. The average Bonchev–Trinajstić information content (AvgIpc) is 3.10. The lowest BCUT2D eigenvalue weighted by atomic mass is 9.82. The highest BCUT2D eigenvalue weighted by Gasteiger charge is 2.23. The summed E-state index contributed by atoms with van der Waals surface area (Å²) in [5, 5.41) is 0. The van der Waals surface area contributed by atoms with Crippen molar-refractivity contribution in [3.63, 3.8) is 0 Å². The van der Waals surface area contributed by atoms with Gasteiger partial charge in [-0.1, -0.05) is 29.8 Å². The van der Waals surface area contributed by atoms with Gasteiger partial charge < -0.3 is 9.64 Å². The Bertz CT molecular complexity index is 1160. The van der Waals surface area contributed by atoms with Crippen LogP contribution in [-0.2, 0) is 23.0 Å². The molecule has 0 aliphatic heterocycles. The Morgan fingerprint density at radius 3 is 2.78 bits per heavy atom. The number of ether oxygens (including phenoxy) is 1. The normalized spacial score (nSPS) is 15.9. The van der Waals surface area contributed by atoms with Crippen LogP contribution in [0.1, 0.15) is 35.4 Å². The molecule has 0 bridgehead atoms. The predicted octanol–water partition coefficient (Wildman–Crippen LogP) is 5.06. The van der Waals surface area contributed by atoms with Crippen LogP contribution in [0.3, 0.4) is 0 Å². The second-order valence-corrected chi connectivity index (χ2v) is 11.2. The molecule has 32 heavy (non-hydrogen) atoms. The molecule has 2 aromatic carbocycles. The molecule has 1 aromatic heterocycles. The maximum Gasteiger partial charge on any atom is 0.261 e. The molecule has 3 aromatic rings. The third-order valence-electron chi connectivity index (χ3n) is 5.55. The lowest BCUT2D eigenvalue weighted by Crippen LogP contribution is -2.28. The van der Waals surface area contributed by atoms with Crippen LogP contribution in [0.15, 0.2) is 36.4 Å². The summed E-state index contributed by atoms with van der Waals surface area (Å²) in [5.41, 5.74) is 5.24. The number of fused-ring (bicyclic) bond motifs is 2. The molecule has 0 unspecified atom stereocenters. The Morgan fingerprint density at radius 1 is 1.31 bits per heavy atom. The fraction of sp³-hybridized carbons (Fsp3) is 0.435. The van der Waals surface area contributed by atoms with Crippen molar-refractivity contribution in [2.24, 2.45) is 0 Å². The number of aromatic nitrogens is 1. The van der Waals surface area contributed by atoms with Gasteiger partial charge in [0.05, 0.1) is 23.6 Å². The molecule has 1 heterocycles. The van der Waals surface area contributed by atoms with Crippen molar-refractivity contribution in [2.45, 2.75) is 31.6 Å². The second-order valence-electron chi connectivity index (χ2n) is 8.13. The van der Waals surface area contributed by atoms with Crippen LogP contribution in [0.5, 0.6) is 5.75 Å². The largest absolute Gasteiger partial charge is 0.496 e. The van der Waals surface area contributed by atoms with E-state index in [0.717, 1.165) is 37.2 Å². The fourth-order valence-electron chi connectivity index (χ4n) is 4.18. The number of likely N-dealkylation sites (N-methyl/N-ethyl adjacent to an activating group) is 1. The molecule has 0 saturated heterocycles. The van der Waals surface area contributed by atoms with Crippen molar-refractivity contribution in [1.29, 1.82) is 0 Å². The van der Waals surface area contributed by atoms with Crippen molar-refractivity contribution in [3.05, 3.63) is 57.6 Å². The van der Waals surface area contributed by atoms with E-state index in [-0.39, 0.29) is 0 Å². The van der Waals surface area contributed by atoms with E-state index in [2.05, 4.69) is 53.3 Å². The molecular formula is C23H29ClN2O4S2. The summed E-state index contributed by atoms with van der Waals surface area (Å²) in [5.74, 6) is 1.65. The van der Waals surface area contributed by atoms with Crippen LogP contribution in [0.25, 0.3) is 10.2 Å². The van der Waals surface area contributed by atoms with E-state index in [1.54, 1.807) is 18.4 Å². The lowest BCUT2D eigenvalue weighted by molar-refractivity contribution is 0.299. The van der Waals surface area contributed by atoms with Gasteiger partial charge in [0.1, 0.15) is 5.75 Å². The summed E-state index contributed by atoms with van der Waals surface area (Å²) < 4.78 is 33.2. The number of halogens is 1. The van der Waals surface area contributed by atoms with Crippen LogP contribution in [-0.4, -0.2) is 56.4 Å². The molecule has 9 heteroatoms. The summed E-state index contributed by atoms with van der Waals surface area (Å²) in [6.07, 6.45) is 5.40. The van der Waals surface area contributed by atoms with Crippen LogP contribution >= 0.6 is 22.9 Å². The highest BCUT2D eigenvalue weighted by molar-refractivity contribution is 7.85. The number of nitrogens with zero attached hydrogens (tertiary/aromatic N) is 2. The molecule has 1 N–H and O–H groups in total. The van der Waals surface area contributed by atoms with Gasteiger partial charge in [-0.2, -0.15) is 8.42 Å². The number of rotatable bonds is 6. The Balaban J connectivity index is 0.000000523. The molecule has 0 fully saturated rings. The first kappa shape index (κ1) is 24.9. The Hall–Kier alpha value is -1.71. The van der Waals surface area contributed by atoms with Crippen molar-refractivity contribution >= 4 is 43.3 Å². The molecule has 174 valence electrons. The fourth-order valence-corrected chi connectivity index (χ4v) is 5.27. The molecular weight excluding hydrogens is 468 g/mol. The van der Waals surface area contributed by atoms with Gasteiger partial charge in [-0.25, -0.2) is 4.98 Å². The SMILES string of the molecule is COc1cccc2c1CCC[C@H]2CN(C)CCc1ccc2nc(Cl)sc2c1.CS(=O)(=O)O. The number of benzene rings is 2. The van der Waals surface area contributed by atoms with Gasteiger partial charge in [-0.15, -0.1) is 11.3 Å². The van der Waals surface area contributed by atoms with Crippen LogP contribution in [0, 0.1) is 0 Å². The van der Waals surface area contributed by atoms with Crippen molar-refractivity contribution in [2.75, 3.05) is 33.5 Å². The minimum absolute atomic E-state index is 0.594. The summed E-state index contributed by atoms with van der Waals surface area (Å²) in [4.78, 5) is 6.79. The Kier molecular flexibility index (Phi) is 8.52. The molecule has 0 saturated carbocycles. The van der Waals surface area contributed by atoms with E-state index in [4.69, 9.17) is 20.9 Å². The predicted molar refractivity (Wildman–Crippen MR) is 132 cm³/mol. The summed E-state index contributed by atoms with van der Waals surface area (Å²) in [6.45, 7) is 2.14. The molecule has 0 amide bonds. The van der Waals surface area contributed by atoms with Gasteiger partial charge in [0.2, 0.25) is 0 Å². The summed E-state index contributed by atoms with van der Waals surface area (Å²) in [6, 6.07) is 13.0. The Labute approximate surface area is 198 Å². The number of methoxy groups -OCH3 is 1. The van der Waals surface area contributed by atoms with Gasteiger partial charge in [0, 0.05) is 13.1 Å². The summed E-state index contributed by atoms with van der Waals surface area (Å²) in [7, 11) is 0.342. The van der Waals surface area contributed by atoms with E-state index >= 15 is 0 Å². The van der Waals surface area contributed by atoms with Gasteiger partial charge >= 0.3 is 0 Å². The lowest BCUT2D eigenvalue weighted by Gasteiger charge is -2.30. The van der Waals surface area contributed by atoms with Crippen LogP contribution in [0.2, 0.25) is 4.47 Å². The number of hydrogen-bond donors (Lipinski definition) is 1. The van der Waals surface area contributed by atoms with E-state index in [1.165, 1.54) is 34.2 Å². The molecule has 6 nitrogen and oxygen atoms in total. The second kappa shape index (κ2) is 10.9. The zero-order valence-electron chi connectivity index (χ0n) is 18.5. The third kappa shape index (κ3) is 7.15. The summed E-state index contributed by atoms with van der Waals surface area (Å²) >= 11 is 7.58. The quantitative estimate of drug-likeness (QED) is 0.480. The number of thiazole rings is 1. The van der Waals surface area contributed by atoms with Crippen molar-refractivity contribution < 1.29 is 17.7 Å². The topological polar surface area (TPSA) is 79.7 Å². The third-order valence-corrected chi connectivity index (χ3v) is 6.67. The highest BCUT2D eigenvalue weighted by Crippen LogP contribution is 2.37. The van der Waals surface area contributed by atoms with Crippen LogP contribution in [0.4, 0.5) is 0 Å². The van der Waals surface area contributed by atoms with Gasteiger partial charge in [-0.3, -0.25) is 4.55 Å². The first-order valence-electron chi connectivity index (χ1n) is 10.5. The molecule has 1 atom stereocenters. The molecule has 0 radical (unpaired) electrons. The van der Waals surface area contributed by atoms with Crippen LogP contribution < -0.4 is 4.74 Å². The van der Waals surface area contributed by atoms with Crippen molar-refractivity contribution in [3.8, 4) is 5.75 Å². The zero-order chi connectivity index (χ0) is 23.3. The molecule has 4 rings (SSSR count). The smallest absolute Gasteiger partial charge is 0.261 e. The van der Waals surface area contributed by atoms with E-state index in [1.807, 2.05) is 0 Å². The minimum atomic E-state index is -3.67. The van der Waals surface area contributed by atoms with Gasteiger partial charge in [0.25, 0.3) is 10.1 Å². The highest BCUT2D eigenvalue weighted by atomic mass is 35.5. The Morgan fingerprint density at radius 2 is 2.06 bits per heavy atom. The number of hydrogen-bond acceptors (Lipinski definition) is 6. The monoisotopic (exact) mass is 496 g/mol. The first-order chi connectivity index (χ1) is 15.1. The van der Waals surface area contributed by atoms with Crippen molar-refractivity contribution in [1.82, 2.24) is 9.88 Å². The maximum atomic E-state index is 9.19. The molecule has 1 aliphatic rings. The standard InChI is InChI=1S/C22H25ClN2OS.CH4O3S/c1-25(12-11-15-9-10-19-21(13-15)27-22(23)24-19)14-16-5-3-7-18-17(16)6-4-8-20(18)26-2;1-5(2,3)4/h4,6,8-10,13,16H,3,5,7,11-12,14H2,1-2H3;1H3,(H,2,3,4)/t16-;/m0./s1. The van der Waals surface area contributed by atoms with E-state index in [0.29, 0.717) is 16.6 Å². The van der Waals surface area contributed by atoms with Gasteiger partial charge in [-0.05, 0) is 73.5 Å². The first-order valence-corrected chi connectivity index (χ1v) is 13.5. The van der Waals surface area contributed by atoms with E-state index < -0.39 is 10.1 Å². The maximum absolute atomic E-state index is 9.19. The average molecular weight is 497 g/mol. The van der Waals surface area contributed by atoms with Gasteiger partial charge in [0.15, 0.2) is 4.47 Å². The molecule has 1 aliphatic carbocycles.